The van der Waals surface area contributed by atoms with Crippen molar-refractivity contribution in [3.8, 4) is 0 Å². The predicted molar refractivity (Wildman–Crippen MR) is 68.6 cm³/mol. The first-order chi connectivity index (χ1) is 9.07. The largest absolute Gasteiger partial charge is 0.498 e. The van der Waals surface area contributed by atoms with Gasteiger partial charge in [0.1, 0.15) is 6.61 Å². The highest BCUT2D eigenvalue weighted by atomic mass is 32.3. The van der Waals surface area contributed by atoms with E-state index >= 15 is 0 Å². The van der Waals surface area contributed by atoms with E-state index in [9.17, 15) is 34.8 Å². The first-order valence-corrected chi connectivity index (χ1v) is 9.23. The van der Waals surface area contributed by atoms with Gasteiger partial charge in [-0.15, -0.1) is 0 Å². The van der Waals surface area contributed by atoms with Gasteiger partial charge in [0.15, 0.2) is 9.84 Å². The maximum absolute atomic E-state index is 12.4. The van der Waals surface area contributed by atoms with Gasteiger partial charge in [-0.2, -0.15) is 13.2 Å². The first-order valence-electron chi connectivity index (χ1n) is 5.73. The molecule has 6 nitrogen and oxygen atoms in total. The number of ether oxygens (including phenoxy) is 1. The van der Waals surface area contributed by atoms with Crippen LogP contribution in [0.5, 0.6) is 0 Å². The van der Waals surface area contributed by atoms with Crippen LogP contribution in [-0.4, -0.2) is 45.8 Å². The van der Waals surface area contributed by atoms with E-state index in [1.54, 1.807) is 6.92 Å². The van der Waals surface area contributed by atoms with Crippen LogP contribution in [0.1, 0.15) is 27.2 Å². The number of esters is 1. The van der Waals surface area contributed by atoms with E-state index in [1.165, 1.54) is 13.8 Å². The third-order valence-electron chi connectivity index (χ3n) is 2.93. The highest BCUT2D eigenvalue weighted by Gasteiger charge is 2.55. The molecular formula is C10H17F3O6S2. The number of halogens is 3. The minimum absolute atomic E-state index is 0.279. The molecule has 0 saturated carbocycles. The van der Waals surface area contributed by atoms with Crippen LogP contribution in [0.2, 0.25) is 0 Å². The normalized spacial score (nSPS) is 15.6. The fourth-order valence-electron chi connectivity index (χ4n) is 1.08. The molecule has 11 heteroatoms. The molecule has 0 N–H and O–H groups in total. The summed E-state index contributed by atoms with van der Waals surface area (Å²) in [4.78, 5) is 11.6. The number of hydrogen-bond donors (Lipinski definition) is 0. The maximum atomic E-state index is 12.4. The molecule has 0 aromatic rings. The van der Waals surface area contributed by atoms with Crippen LogP contribution in [0.25, 0.3) is 0 Å². The Morgan fingerprint density at radius 2 is 1.57 bits per heavy atom. The van der Waals surface area contributed by atoms with Crippen LogP contribution < -0.4 is 0 Å². The molecule has 0 aliphatic carbocycles. The molecule has 0 spiro atoms. The number of sulfone groups is 2. The Hall–Kier alpha value is -0.840. The minimum atomic E-state index is -6.01. The SMILES string of the molecule is CCC(C)(C)C(=O)OCC(S(C)(=O)=O)S(=O)(=O)C(F)(F)F. The quantitative estimate of drug-likeness (QED) is 0.667. The fourth-order valence-corrected chi connectivity index (χ4v) is 4.10. The Labute approximate surface area is 121 Å². The lowest BCUT2D eigenvalue weighted by Crippen LogP contribution is -2.43. The molecule has 1 atom stereocenters. The van der Waals surface area contributed by atoms with Gasteiger partial charge in [0.25, 0.3) is 9.84 Å². The van der Waals surface area contributed by atoms with E-state index in [0.29, 0.717) is 6.26 Å². The Morgan fingerprint density at radius 1 is 1.14 bits per heavy atom. The highest BCUT2D eigenvalue weighted by molar-refractivity contribution is 8.09. The molecule has 1 unspecified atom stereocenters. The van der Waals surface area contributed by atoms with Gasteiger partial charge in [-0.25, -0.2) is 16.8 Å². The van der Waals surface area contributed by atoms with Crippen molar-refractivity contribution in [3.05, 3.63) is 0 Å². The summed E-state index contributed by atoms with van der Waals surface area (Å²) in [5, 5.41) is 0. The lowest BCUT2D eigenvalue weighted by Gasteiger charge is -2.23. The summed E-state index contributed by atoms with van der Waals surface area (Å²) >= 11 is 0. The van der Waals surface area contributed by atoms with E-state index in [2.05, 4.69) is 4.74 Å². The Morgan fingerprint density at radius 3 is 1.86 bits per heavy atom. The molecule has 0 aromatic carbocycles. The molecule has 0 radical (unpaired) electrons. The van der Waals surface area contributed by atoms with Crippen molar-refractivity contribution in [2.24, 2.45) is 5.41 Å². The molecule has 0 fully saturated rings. The van der Waals surface area contributed by atoms with Crippen molar-refractivity contribution < 1.29 is 39.5 Å². The van der Waals surface area contributed by atoms with Crippen LogP contribution in [-0.2, 0) is 29.2 Å². The van der Waals surface area contributed by atoms with Crippen molar-refractivity contribution in [1.29, 1.82) is 0 Å². The van der Waals surface area contributed by atoms with Crippen LogP contribution >= 0.6 is 0 Å². The Bertz CT molecular complexity index is 589. The second-order valence-electron chi connectivity index (χ2n) is 5.09. The third kappa shape index (κ3) is 4.83. The van der Waals surface area contributed by atoms with E-state index in [0.717, 1.165) is 0 Å². The molecule has 0 bridgehead atoms. The summed E-state index contributed by atoms with van der Waals surface area (Å²) < 4.78 is 84.0. The predicted octanol–water partition coefficient (Wildman–Crippen LogP) is 1.27. The van der Waals surface area contributed by atoms with Crippen molar-refractivity contribution in [1.82, 2.24) is 0 Å². The zero-order valence-corrected chi connectivity index (χ0v) is 13.5. The molecule has 0 rings (SSSR count). The summed E-state index contributed by atoms with van der Waals surface area (Å²) in [5.41, 5.74) is -6.82. The molecule has 0 amide bonds. The Kier molecular flexibility index (Phi) is 5.86. The Balaban J connectivity index is 5.43. The molecule has 0 saturated heterocycles. The molecule has 126 valence electrons. The summed E-state index contributed by atoms with van der Waals surface area (Å²) in [6.07, 6.45) is 0.612. The van der Waals surface area contributed by atoms with Gasteiger partial charge < -0.3 is 4.74 Å². The summed E-state index contributed by atoms with van der Waals surface area (Å²) in [6, 6.07) is 0. The molecule has 0 aromatic heterocycles. The second-order valence-corrected chi connectivity index (χ2v) is 9.73. The maximum Gasteiger partial charge on any atom is 0.498 e. The number of carbonyl (C=O) groups is 1. The van der Waals surface area contributed by atoms with Crippen molar-refractivity contribution in [2.45, 2.75) is 37.3 Å². The molecule has 0 heterocycles. The average molecular weight is 354 g/mol. The third-order valence-corrected chi connectivity index (χ3v) is 7.31. The monoisotopic (exact) mass is 354 g/mol. The molecular weight excluding hydrogens is 337 g/mol. The molecule has 21 heavy (non-hydrogen) atoms. The number of rotatable bonds is 6. The highest BCUT2D eigenvalue weighted by Crippen LogP contribution is 2.30. The number of hydrogen-bond acceptors (Lipinski definition) is 6. The van der Waals surface area contributed by atoms with E-state index in [1.807, 2.05) is 0 Å². The van der Waals surface area contributed by atoms with Gasteiger partial charge in [-0.1, -0.05) is 6.92 Å². The summed E-state index contributed by atoms with van der Waals surface area (Å²) in [5.74, 6) is -0.976. The van der Waals surface area contributed by atoms with Crippen LogP contribution in [0.15, 0.2) is 0 Å². The second kappa shape index (κ2) is 6.11. The van der Waals surface area contributed by atoms with Crippen molar-refractivity contribution in [2.75, 3.05) is 12.9 Å². The van der Waals surface area contributed by atoms with Gasteiger partial charge in [-0.3, -0.25) is 4.79 Å². The minimum Gasteiger partial charge on any atom is -0.463 e. The van der Waals surface area contributed by atoms with Gasteiger partial charge >= 0.3 is 11.5 Å². The van der Waals surface area contributed by atoms with E-state index < -0.39 is 47.8 Å². The van der Waals surface area contributed by atoms with Crippen molar-refractivity contribution >= 4 is 25.6 Å². The van der Waals surface area contributed by atoms with E-state index in [-0.39, 0.29) is 6.42 Å². The molecule has 0 aliphatic heterocycles. The summed E-state index contributed by atoms with van der Waals surface area (Å²) in [7, 11) is -10.6. The van der Waals surface area contributed by atoms with Crippen molar-refractivity contribution in [3.63, 3.8) is 0 Å². The topological polar surface area (TPSA) is 94.6 Å². The summed E-state index contributed by atoms with van der Waals surface area (Å²) in [6.45, 7) is 3.08. The lowest BCUT2D eigenvalue weighted by molar-refractivity contribution is -0.153. The van der Waals surface area contributed by atoms with Crippen LogP contribution in [0.4, 0.5) is 13.2 Å². The van der Waals surface area contributed by atoms with Gasteiger partial charge in [0.2, 0.25) is 4.58 Å². The average Bonchev–Trinajstić information content (AvgIpc) is 2.25. The number of carbonyl (C=O) groups excluding carboxylic acids is 1. The van der Waals surface area contributed by atoms with Crippen LogP contribution in [0, 0.1) is 5.41 Å². The van der Waals surface area contributed by atoms with Crippen LogP contribution in [0.3, 0.4) is 0 Å². The van der Waals surface area contributed by atoms with Gasteiger partial charge in [-0.05, 0) is 20.3 Å². The smallest absolute Gasteiger partial charge is 0.463 e. The number of alkyl halides is 3. The van der Waals surface area contributed by atoms with Gasteiger partial charge in [0.05, 0.1) is 5.41 Å². The standard InChI is InChI=1S/C10H17F3O6S2/c1-5-9(2,3)8(14)19-6-7(20(4,15)16)21(17,18)10(11,12)13/h7H,5-6H2,1-4H3. The zero-order valence-electron chi connectivity index (χ0n) is 11.9. The fraction of sp³-hybridized carbons (Fsp3) is 0.900. The van der Waals surface area contributed by atoms with Gasteiger partial charge in [0, 0.05) is 6.26 Å². The van der Waals surface area contributed by atoms with E-state index in [4.69, 9.17) is 0 Å². The first kappa shape index (κ1) is 20.2. The zero-order chi connectivity index (χ0) is 17.3. The lowest BCUT2D eigenvalue weighted by atomic mass is 9.91. The molecule has 0 aliphatic rings.